The molecule has 0 radical (unpaired) electrons. The molecule has 0 bridgehead atoms. The van der Waals surface area contributed by atoms with Gasteiger partial charge in [0.15, 0.2) is 0 Å². The Labute approximate surface area is 79.3 Å². The summed E-state index contributed by atoms with van der Waals surface area (Å²) in [5.41, 5.74) is 0. The van der Waals surface area contributed by atoms with Crippen LogP contribution in [0.15, 0.2) is 0 Å². The zero-order valence-corrected chi connectivity index (χ0v) is 7.27. The van der Waals surface area contributed by atoms with E-state index < -0.39 is 30.4 Å². The van der Waals surface area contributed by atoms with Crippen LogP contribution in [0.4, 0.5) is 4.79 Å². The second-order valence-corrected chi connectivity index (χ2v) is 2.88. The molecule has 1 saturated heterocycles. The number of carbonyl (C=O) groups excluding carboxylic acids is 1. The van der Waals surface area contributed by atoms with Crippen LogP contribution in [0, 0.1) is 0 Å². The summed E-state index contributed by atoms with van der Waals surface area (Å²) in [5.74, 6) is -2.54. The number of nitrogens with one attached hydrogen (secondary N) is 1. The molecule has 1 heterocycles. The molecule has 0 aromatic carbocycles. The number of hydrogen-bond acceptors (Lipinski definition) is 3. The van der Waals surface area contributed by atoms with E-state index in [0.29, 0.717) is 6.54 Å². The van der Waals surface area contributed by atoms with Gasteiger partial charge in [0.25, 0.3) is 0 Å². The quantitative estimate of drug-likeness (QED) is 0.538. The Morgan fingerprint density at radius 1 is 1.50 bits per heavy atom. The normalized spacial score (nSPS) is 17.7. The lowest BCUT2D eigenvalue weighted by Gasteiger charge is -2.20. The van der Waals surface area contributed by atoms with Crippen LogP contribution in [0.5, 0.6) is 0 Å². The molecule has 14 heavy (non-hydrogen) atoms. The van der Waals surface area contributed by atoms with Gasteiger partial charge in [-0.25, -0.2) is 9.59 Å². The summed E-state index contributed by atoms with van der Waals surface area (Å²) in [6.07, 6.45) is -0.581. The first-order chi connectivity index (χ1) is 6.52. The fourth-order valence-electron chi connectivity index (χ4n) is 1.28. The molecule has 3 N–H and O–H groups in total. The predicted octanol–water partition coefficient (Wildman–Crippen LogP) is -1.06. The van der Waals surface area contributed by atoms with E-state index in [1.807, 2.05) is 0 Å². The lowest BCUT2D eigenvalue weighted by atomic mass is 10.2. The third-order valence-electron chi connectivity index (χ3n) is 1.92. The van der Waals surface area contributed by atoms with Gasteiger partial charge in [-0.2, -0.15) is 0 Å². The summed E-state index contributed by atoms with van der Waals surface area (Å²) >= 11 is 0. The largest absolute Gasteiger partial charge is 0.481 e. The molecule has 1 atom stereocenters. The number of carboxylic acids is 2. The molecule has 1 unspecified atom stereocenters. The third-order valence-corrected chi connectivity index (χ3v) is 1.92. The van der Waals surface area contributed by atoms with Gasteiger partial charge in [0.2, 0.25) is 0 Å². The van der Waals surface area contributed by atoms with Crippen LogP contribution < -0.4 is 5.32 Å². The molecule has 1 aliphatic heterocycles. The fraction of sp³-hybridized carbons (Fsp3) is 0.571. The summed E-state index contributed by atoms with van der Waals surface area (Å²) in [7, 11) is 0. The minimum atomic E-state index is -1.30. The van der Waals surface area contributed by atoms with Crippen LogP contribution >= 0.6 is 0 Å². The van der Waals surface area contributed by atoms with E-state index in [1.165, 1.54) is 0 Å². The highest BCUT2D eigenvalue weighted by molar-refractivity contribution is 5.87. The fourth-order valence-corrected chi connectivity index (χ4v) is 1.28. The highest BCUT2D eigenvalue weighted by Crippen LogP contribution is 2.08. The molecule has 1 rings (SSSR count). The number of hydrogen-bond donors (Lipinski definition) is 3. The van der Waals surface area contributed by atoms with Crippen molar-refractivity contribution >= 4 is 18.0 Å². The Morgan fingerprint density at radius 3 is 2.50 bits per heavy atom. The van der Waals surface area contributed by atoms with Crippen LogP contribution in [0.2, 0.25) is 0 Å². The molecule has 0 saturated carbocycles. The summed E-state index contributed by atoms with van der Waals surface area (Å²) in [6, 6.07) is -1.81. The van der Waals surface area contributed by atoms with Gasteiger partial charge in [-0.1, -0.05) is 0 Å². The van der Waals surface area contributed by atoms with Crippen molar-refractivity contribution in [1.82, 2.24) is 10.2 Å². The van der Waals surface area contributed by atoms with Gasteiger partial charge < -0.3 is 20.4 Å². The standard InChI is InChI=1S/C7H10N2O5/c10-5(11)3-4(6(12)13)9-2-1-8-7(9)14/h4H,1-3H2,(H,8,14)(H,10,11)(H,12,13). The minimum absolute atomic E-state index is 0.225. The first-order valence-corrected chi connectivity index (χ1v) is 4.01. The van der Waals surface area contributed by atoms with Gasteiger partial charge >= 0.3 is 18.0 Å². The topological polar surface area (TPSA) is 107 Å². The lowest BCUT2D eigenvalue weighted by molar-refractivity contribution is -0.148. The maximum absolute atomic E-state index is 11.1. The van der Waals surface area contributed by atoms with Gasteiger partial charge in [0.05, 0.1) is 6.42 Å². The number of urea groups is 1. The van der Waals surface area contributed by atoms with Gasteiger partial charge in [0.1, 0.15) is 6.04 Å². The van der Waals surface area contributed by atoms with Crippen LogP contribution in [-0.4, -0.2) is 52.2 Å². The van der Waals surface area contributed by atoms with E-state index in [4.69, 9.17) is 10.2 Å². The van der Waals surface area contributed by atoms with E-state index in [2.05, 4.69) is 5.32 Å². The molecule has 2 amide bonds. The molecule has 7 heteroatoms. The maximum atomic E-state index is 11.1. The second-order valence-electron chi connectivity index (χ2n) is 2.88. The number of amides is 2. The van der Waals surface area contributed by atoms with Crippen molar-refractivity contribution in [3.63, 3.8) is 0 Å². The van der Waals surface area contributed by atoms with Crippen LogP contribution in [0.3, 0.4) is 0 Å². The Morgan fingerprint density at radius 2 is 2.14 bits per heavy atom. The molecule has 1 aliphatic rings. The molecule has 0 aliphatic carbocycles. The molecule has 7 nitrogen and oxygen atoms in total. The summed E-state index contributed by atoms with van der Waals surface area (Å²) in [5, 5.41) is 19.6. The SMILES string of the molecule is O=C(O)CC(C(=O)O)N1CCNC1=O. The number of carbonyl (C=O) groups is 3. The van der Waals surface area contributed by atoms with Crippen molar-refractivity contribution in [3.05, 3.63) is 0 Å². The van der Waals surface area contributed by atoms with Gasteiger partial charge in [-0.15, -0.1) is 0 Å². The minimum Gasteiger partial charge on any atom is -0.481 e. The zero-order chi connectivity index (χ0) is 10.7. The number of nitrogens with zero attached hydrogens (tertiary/aromatic N) is 1. The van der Waals surface area contributed by atoms with Crippen molar-refractivity contribution < 1.29 is 24.6 Å². The Bertz CT molecular complexity index is 277. The van der Waals surface area contributed by atoms with Crippen molar-refractivity contribution in [2.45, 2.75) is 12.5 Å². The summed E-state index contributed by atoms with van der Waals surface area (Å²) in [6.45, 7) is 0.575. The average Bonchev–Trinajstić information content (AvgIpc) is 2.46. The smallest absolute Gasteiger partial charge is 0.327 e. The molecular weight excluding hydrogens is 192 g/mol. The van der Waals surface area contributed by atoms with E-state index in [0.717, 1.165) is 4.90 Å². The van der Waals surface area contributed by atoms with Crippen LogP contribution in [0.25, 0.3) is 0 Å². The average molecular weight is 202 g/mol. The van der Waals surface area contributed by atoms with Gasteiger partial charge in [-0.05, 0) is 0 Å². The number of aliphatic carboxylic acids is 2. The first-order valence-electron chi connectivity index (χ1n) is 4.01. The van der Waals surface area contributed by atoms with Gasteiger partial charge in [-0.3, -0.25) is 4.79 Å². The third kappa shape index (κ3) is 2.12. The molecule has 1 fully saturated rings. The van der Waals surface area contributed by atoms with Crippen molar-refractivity contribution in [2.24, 2.45) is 0 Å². The predicted molar refractivity (Wildman–Crippen MR) is 43.8 cm³/mol. The van der Waals surface area contributed by atoms with E-state index in [9.17, 15) is 14.4 Å². The first kappa shape index (κ1) is 10.3. The molecule has 0 spiro atoms. The Kier molecular flexibility index (Phi) is 2.90. The number of rotatable bonds is 4. The Balaban J connectivity index is 2.71. The van der Waals surface area contributed by atoms with Gasteiger partial charge in [0, 0.05) is 13.1 Å². The van der Waals surface area contributed by atoms with E-state index >= 15 is 0 Å². The van der Waals surface area contributed by atoms with Crippen molar-refractivity contribution in [3.8, 4) is 0 Å². The van der Waals surface area contributed by atoms with Crippen molar-refractivity contribution in [1.29, 1.82) is 0 Å². The lowest BCUT2D eigenvalue weighted by Crippen LogP contribution is -2.44. The summed E-state index contributed by atoms with van der Waals surface area (Å²) < 4.78 is 0. The molecular formula is C7H10N2O5. The van der Waals surface area contributed by atoms with Crippen LogP contribution in [0.1, 0.15) is 6.42 Å². The monoisotopic (exact) mass is 202 g/mol. The highest BCUT2D eigenvalue weighted by Gasteiger charge is 2.34. The van der Waals surface area contributed by atoms with Crippen LogP contribution in [-0.2, 0) is 9.59 Å². The molecule has 78 valence electrons. The highest BCUT2D eigenvalue weighted by atomic mass is 16.4. The zero-order valence-electron chi connectivity index (χ0n) is 7.27. The van der Waals surface area contributed by atoms with E-state index in [-0.39, 0.29) is 6.54 Å². The van der Waals surface area contributed by atoms with E-state index in [1.54, 1.807) is 0 Å². The van der Waals surface area contributed by atoms with Crippen molar-refractivity contribution in [2.75, 3.05) is 13.1 Å². The molecule has 0 aromatic rings. The second kappa shape index (κ2) is 3.95. The summed E-state index contributed by atoms with van der Waals surface area (Å²) in [4.78, 5) is 33.1. The Hall–Kier alpha value is -1.79. The molecule has 0 aromatic heterocycles. The number of carboxylic acid groups (broad SMARTS) is 2. The maximum Gasteiger partial charge on any atom is 0.327 e.